The molecule has 3 N–H and O–H groups in total. The highest BCUT2D eigenvalue weighted by Gasteiger charge is 2.09. The van der Waals surface area contributed by atoms with E-state index in [-0.39, 0.29) is 22.2 Å². The summed E-state index contributed by atoms with van der Waals surface area (Å²) in [4.78, 5) is 21.9. The Morgan fingerprint density at radius 1 is 1.14 bits per heavy atom. The fourth-order valence-corrected chi connectivity index (χ4v) is 2.07. The molecule has 2 amide bonds. The number of hydrogen-bond acceptors (Lipinski definition) is 2. The van der Waals surface area contributed by atoms with Gasteiger partial charge in [0.15, 0.2) is 5.82 Å². The minimum atomic E-state index is -0.828. The Hall–Kier alpha value is -1.53. The lowest BCUT2D eigenvalue weighted by molar-refractivity contribution is -0.137. The molecule has 0 aliphatic carbocycles. The van der Waals surface area contributed by atoms with Crippen LogP contribution in [0.4, 0.5) is 14.9 Å². The number of carboxylic acid groups (broad SMARTS) is 1. The first-order valence-corrected chi connectivity index (χ1v) is 7.07. The number of anilines is 1. The van der Waals surface area contributed by atoms with Crippen molar-refractivity contribution in [1.82, 2.24) is 5.32 Å². The average Bonchev–Trinajstić information content (AvgIpc) is 2.39. The molecule has 0 aliphatic rings. The summed E-state index contributed by atoms with van der Waals surface area (Å²) in [5, 5.41) is 13.2. The summed E-state index contributed by atoms with van der Waals surface area (Å²) in [5.74, 6) is -1.56. The second-order valence-corrected chi connectivity index (χ2v) is 5.15. The first-order chi connectivity index (χ1) is 9.90. The quantitative estimate of drug-likeness (QED) is 0.522. The molecule has 0 radical (unpaired) electrons. The predicted molar refractivity (Wildman–Crippen MR) is 79.5 cm³/mol. The summed E-state index contributed by atoms with van der Waals surface area (Å²) in [6, 6.07) is 2.05. The van der Waals surface area contributed by atoms with E-state index in [1.54, 1.807) is 0 Å². The molecule has 0 aliphatic heterocycles. The highest BCUT2D eigenvalue weighted by atomic mass is 35.5. The van der Waals surface area contributed by atoms with Crippen LogP contribution in [0.1, 0.15) is 25.7 Å². The number of rotatable bonds is 7. The van der Waals surface area contributed by atoms with Gasteiger partial charge >= 0.3 is 12.0 Å². The van der Waals surface area contributed by atoms with E-state index in [1.165, 1.54) is 12.1 Å². The Labute approximate surface area is 131 Å². The maximum Gasteiger partial charge on any atom is 0.319 e. The molecule has 0 spiro atoms. The largest absolute Gasteiger partial charge is 0.481 e. The number of benzene rings is 1. The van der Waals surface area contributed by atoms with Gasteiger partial charge in [0.25, 0.3) is 0 Å². The summed E-state index contributed by atoms with van der Waals surface area (Å²) in [6.45, 7) is 0.411. The van der Waals surface area contributed by atoms with Crippen molar-refractivity contribution in [2.24, 2.45) is 0 Å². The lowest BCUT2D eigenvalue weighted by Gasteiger charge is -2.09. The second kappa shape index (κ2) is 8.69. The van der Waals surface area contributed by atoms with Crippen molar-refractivity contribution in [3.63, 3.8) is 0 Å². The zero-order valence-electron chi connectivity index (χ0n) is 11.1. The third kappa shape index (κ3) is 6.64. The zero-order chi connectivity index (χ0) is 15.8. The van der Waals surface area contributed by atoms with Crippen molar-refractivity contribution in [1.29, 1.82) is 0 Å². The summed E-state index contributed by atoms with van der Waals surface area (Å²) in [6.07, 6.45) is 2.08. The van der Waals surface area contributed by atoms with Gasteiger partial charge in [-0.2, -0.15) is 0 Å². The van der Waals surface area contributed by atoms with Crippen LogP contribution in [0.2, 0.25) is 10.0 Å². The Morgan fingerprint density at radius 3 is 2.33 bits per heavy atom. The van der Waals surface area contributed by atoms with Crippen LogP contribution in [0, 0.1) is 5.82 Å². The van der Waals surface area contributed by atoms with Crippen LogP contribution in [-0.4, -0.2) is 23.7 Å². The average molecular weight is 337 g/mol. The number of urea groups is 1. The molecular weight excluding hydrogens is 322 g/mol. The Kier molecular flexibility index (Phi) is 7.25. The van der Waals surface area contributed by atoms with Crippen molar-refractivity contribution in [2.45, 2.75) is 25.7 Å². The number of halogens is 3. The number of hydrogen-bond donors (Lipinski definition) is 3. The van der Waals surface area contributed by atoms with Crippen LogP contribution in [0.15, 0.2) is 12.1 Å². The second-order valence-electron chi connectivity index (χ2n) is 4.34. The molecule has 8 heteroatoms. The number of aliphatic carboxylic acids is 1. The monoisotopic (exact) mass is 336 g/mol. The molecule has 0 saturated heterocycles. The van der Waals surface area contributed by atoms with Gasteiger partial charge in [-0.15, -0.1) is 0 Å². The molecule has 0 saturated carbocycles. The number of carbonyl (C=O) groups excluding carboxylic acids is 1. The molecule has 0 atom stereocenters. The predicted octanol–water partition coefficient (Wildman–Crippen LogP) is 3.90. The highest BCUT2D eigenvalue weighted by Crippen LogP contribution is 2.27. The lowest BCUT2D eigenvalue weighted by atomic mass is 10.2. The molecule has 0 fully saturated rings. The van der Waals surface area contributed by atoms with Crippen molar-refractivity contribution >= 4 is 40.9 Å². The molecule has 1 aromatic carbocycles. The standard InChI is InChI=1S/C13H15Cl2FN2O3/c14-9-6-8(7-10(15)12(9)16)18-13(21)17-5-3-1-2-4-11(19)20/h6-7H,1-5H2,(H,19,20)(H2,17,18,21). The Morgan fingerprint density at radius 2 is 1.76 bits per heavy atom. The molecule has 116 valence electrons. The molecule has 0 bridgehead atoms. The molecule has 0 aromatic heterocycles. The van der Waals surface area contributed by atoms with E-state index in [0.717, 1.165) is 0 Å². The fourth-order valence-electron chi connectivity index (χ4n) is 1.58. The van der Waals surface area contributed by atoms with E-state index in [9.17, 15) is 14.0 Å². The normalized spacial score (nSPS) is 10.2. The molecule has 5 nitrogen and oxygen atoms in total. The van der Waals surface area contributed by atoms with Crippen molar-refractivity contribution in [2.75, 3.05) is 11.9 Å². The molecule has 0 heterocycles. The maximum atomic E-state index is 13.2. The van der Waals surface area contributed by atoms with Gasteiger partial charge in [-0.25, -0.2) is 9.18 Å². The van der Waals surface area contributed by atoms with E-state index in [1.807, 2.05) is 0 Å². The van der Waals surface area contributed by atoms with E-state index >= 15 is 0 Å². The SMILES string of the molecule is O=C(O)CCCCCNC(=O)Nc1cc(Cl)c(F)c(Cl)c1. The number of amides is 2. The van der Waals surface area contributed by atoms with Gasteiger partial charge in [0.05, 0.1) is 10.0 Å². The zero-order valence-corrected chi connectivity index (χ0v) is 12.6. The van der Waals surface area contributed by atoms with E-state index in [4.69, 9.17) is 28.3 Å². The third-order valence-electron chi connectivity index (χ3n) is 2.59. The molecule has 0 unspecified atom stereocenters. The van der Waals surface area contributed by atoms with E-state index in [2.05, 4.69) is 10.6 Å². The summed E-state index contributed by atoms with van der Waals surface area (Å²) < 4.78 is 13.2. The van der Waals surface area contributed by atoms with Crippen LogP contribution in [0.25, 0.3) is 0 Å². The van der Waals surface area contributed by atoms with Crippen LogP contribution >= 0.6 is 23.2 Å². The molecular formula is C13H15Cl2FN2O3. The lowest BCUT2D eigenvalue weighted by Crippen LogP contribution is -2.29. The van der Waals surface area contributed by atoms with Crippen molar-refractivity contribution in [3.05, 3.63) is 28.0 Å². The van der Waals surface area contributed by atoms with Crippen molar-refractivity contribution in [3.8, 4) is 0 Å². The van der Waals surface area contributed by atoms with Gasteiger partial charge in [-0.05, 0) is 25.0 Å². The summed E-state index contributed by atoms with van der Waals surface area (Å²) in [5.41, 5.74) is 0.287. The van der Waals surface area contributed by atoms with Crippen LogP contribution < -0.4 is 10.6 Å². The summed E-state index contributed by atoms with van der Waals surface area (Å²) in [7, 11) is 0. The highest BCUT2D eigenvalue weighted by molar-refractivity contribution is 6.35. The first-order valence-electron chi connectivity index (χ1n) is 6.31. The van der Waals surface area contributed by atoms with Crippen LogP contribution in [0.5, 0.6) is 0 Å². The number of nitrogens with one attached hydrogen (secondary N) is 2. The molecule has 1 aromatic rings. The van der Waals surface area contributed by atoms with Crippen LogP contribution in [0.3, 0.4) is 0 Å². The first kappa shape index (κ1) is 17.5. The van der Waals surface area contributed by atoms with E-state index < -0.39 is 17.8 Å². The smallest absolute Gasteiger partial charge is 0.319 e. The number of unbranched alkanes of at least 4 members (excludes halogenated alkanes) is 2. The molecule has 21 heavy (non-hydrogen) atoms. The Bertz CT molecular complexity index is 503. The third-order valence-corrected chi connectivity index (χ3v) is 3.14. The van der Waals surface area contributed by atoms with Crippen LogP contribution in [-0.2, 0) is 4.79 Å². The molecule has 1 rings (SSSR count). The van der Waals surface area contributed by atoms with Crippen molar-refractivity contribution < 1.29 is 19.1 Å². The topological polar surface area (TPSA) is 78.4 Å². The maximum absolute atomic E-state index is 13.2. The van der Waals surface area contributed by atoms with Gasteiger partial charge < -0.3 is 15.7 Å². The summed E-state index contributed by atoms with van der Waals surface area (Å²) >= 11 is 11.2. The minimum absolute atomic E-state index is 0.124. The Balaban J connectivity index is 2.29. The fraction of sp³-hybridized carbons (Fsp3) is 0.385. The van der Waals surface area contributed by atoms with Gasteiger partial charge in [-0.3, -0.25) is 4.79 Å². The van der Waals surface area contributed by atoms with E-state index in [0.29, 0.717) is 25.8 Å². The van der Waals surface area contributed by atoms with Gasteiger partial charge in [0, 0.05) is 18.7 Å². The van der Waals surface area contributed by atoms with Gasteiger partial charge in [0.1, 0.15) is 0 Å². The number of carbonyl (C=O) groups is 2. The van der Waals surface area contributed by atoms with Gasteiger partial charge in [0.2, 0.25) is 0 Å². The number of carboxylic acids is 1. The minimum Gasteiger partial charge on any atom is -0.481 e. The van der Waals surface area contributed by atoms with Gasteiger partial charge in [-0.1, -0.05) is 29.6 Å².